The molecule has 0 N–H and O–H groups in total. The molecular formula is C25H29NO4. The summed E-state index contributed by atoms with van der Waals surface area (Å²) < 4.78 is 12.6. The van der Waals surface area contributed by atoms with Crippen molar-refractivity contribution in [2.24, 2.45) is 13.0 Å². The third-order valence-electron chi connectivity index (χ3n) is 5.63. The third kappa shape index (κ3) is 4.56. The summed E-state index contributed by atoms with van der Waals surface area (Å²) in [6, 6.07) is 16.3. The molecule has 0 aliphatic heterocycles. The predicted molar refractivity (Wildman–Crippen MR) is 118 cm³/mol. The number of hydrogen-bond donors (Lipinski definition) is 0. The second kappa shape index (κ2) is 9.61. The number of nitrogens with zero attached hydrogens (tertiary/aromatic N) is 1. The van der Waals surface area contributed by atoms with Crippen molar-refractivity contribution < 1.29 is 19.1 Å². The number of aryl methyl sites for hydroxylation is 1. The molecule has 5 heteroatoms. The highest BCUT2D eigenvalue weighted by molar-refractivity contribution is 5.97. The van der Waals surface area contributed by atoms with Crippen molar-refractivity contribution in [2.45, 2.75) is 32.6 Å². The fourth-order valence-electron chi connectivity index (χ4n) is 4.05. The maximum Gasteiger partial charge on any atom is 0.316 e. The smallest absolute Gasteiger partial charge is 0.316 e. The van der Waals surface area contributed by atoms with Gasteiger partial charge in [0.05, 0.1) is 13.7 Å². The fraction of sp³-hybridized carbons (Fsp3) is 0.360. The van der Waals surface area contributed by atoms with Crippen LogP contribution >= 0.6 is 0 Å². The zero-order chi connectivity index (χ0) is 21.7. The Labute approximate surface area is 177 Å². The Morgan fingerprint density at radius 2 is 1.73 bits per heavy atom. The molecule has 0 amide bonds. The molecule has 1 heterocycles. The highest BCUT2D eigenvalue weighted by Gasteiger charge is 2.27. The Balaban J connectivity index is 1.99. The predicted octanol–water partition coefficient (Wildman–Crippen LogP) is 4.87. The Morgan fingerprint density at radius 3 is 2.37 bits per heavy atom. The first-order valence-electron chi connectivity index (χ1n) is 10.3. The molecule has 0 spiro atoms. The average molecular weight is 408 g/mol. The summed E-state index contributed by atoms with van der Waals surface area (Å²) in [5.74, 6) is -0.487. The van der Waals surface area contributed by atoms with Gasteiger partial charge < -0.3 is 14.0 Å². The van der Waals surface area contributed by atoms with Crippen LogP contribution in [0.2, 0.25) is 0 Å². The standard InChI is InChI=1S/C25H29NO4/c1-5-30-25(28)20(17(2)27)14-15-21(18-10-12-19(29-4)13-11-18)23-16-26(3)24-9-7-6-8-22(23)24/h6-13,16,20-21H,5,14-15H2,1-4H3. The van der Waals surface area contributed by atoms with Crippen LogP contribution in [0.15, 0.2) is 54.7 Å². The maximum atomic E-state index is 12.3. The highest BCUT2D eigenvalue weighted by Crippen LogP contribution is 2.37. The van der Waals surface area contributed by atoms with Gasteiger partial charge in [-0.2, -0.15) is 0 Å². The van der Waals surface area contributed by atoms with E-state index in [2.05, 4.69) is 35.0 Å². The minimum absolute atomic E-state index is 0.0401. The number of methoxy groups -OCH3 is 1. The Kier molecular flexibility index (Phi) is 6.93. The van der Waals surface area contributed by atoms with Gasteiger partial charge in [-0.25, -0.2) is 0 Å². The number of hydrogen-bond acceptors (Lipinski definition) is 4. The van der Waals surface area contributed by atoms with E-state index in [-0.39, 0.29) is 18.3 Å². The summed E-state index contributed by atoms with van der Waals surface area (Å²) in [7, 11) is 3.68. The van der Waals surface area contributed by atoms with Crippen molar-refractivity contribution in [3.8, 4) is 5.75 Å². The Hall–Kier alpha value is -3.08. The van der Waals surface area contributed by atoms with Gasteiger partial charge in [0, 0.05) is 30.1 Å². The van der Waals surface area contributed by atoms with E-state index >= 15 is 0 Å². The van der Waals surface area contributed by atoms with Gasteiger partial charge in [-0.05, 0) is 56.0 Å². The first-order valence-corrected chi connectivity index (χ1v) is 10.3. The van der Waals surface area contributed by atoms with E-state index in [9.17, 15) is 9.59 Å². The number of carbonyl (C=O) groups is 2. The van der Waals surface area contributed by atoms with E-state index < -0.39 is 11.9 Å². The molecule has 0 saturated heterocycles. The van der Waals surface area contributed by atoms with Crippen LogP contribution < -0.4 is 4.74 Å². The molecule has 5 nitrogen and oxygen atoms in total. The molecule has 0 aliphatic carbocycles. The third-order valence-corrected chi connectivity index (χ3v) is 5.63. The molecule has 3 rings (SSSR count). The number of esters is 1. The molecule has 158 valence electrons. The maximum absolute atomic E-state index is 12.3. The minimum atomic E-state index is -0.735. The molecule has 0 fully saturated rings. The van der Waals surface area contributed by atoms with E-state index in [1.807, 2.05) is 31.3 Å². The first-order chi connectivity index (χ1) is 14.5. The normalized spacial score (nSPS) is 13.1. The van der Waals surface area contributed by atoms with Gasteiger partial charge in [0.1, 0.15) is 17.5 Å². The minimum Gasteiger partial charge on any atom is -0.497 e. The van der Waals surface area contributed by atoms with Crippen molar-refractivity contribution in [2.75, 3.05) is 13.7 Å². The number of benzene rings is 2. The number of fused-ring (bicyclic) bond motifs is 1. The molecular weight excluding hydrogens is 378 g/mol. The van der Waals surface area contributed by atoms with Crippen LogP contribution in [0.1, 0.15) is 43.7 Å². The monoisotopic (exact) mass is 407 g/mol. The zero-order valence-electron chi connectivity index (χ0n) is 18.1. The van der Waals surface area contributed by atoms with E-state index in [0.29, 0.717) is 12.8 Å². The second-order valence-corrected chi connectivity index (χ2v) is 7.53. The van der Waals surface area contributed by atoms with Crippen LogP contribution in [0.4, 0.5) is 0 Å². The fourth-order valence-corrected chi connectivity index (χ4v) is 4.05. The quantitative estimate of drug-likeness (QED) is 0.375. The van der Waals surface area contributed by atoms with Gasteiger partial charge >= 0.3 is 5.97 Å². The van der Waals surface area contributed by atoms with E-state index in [4.69, 9.17) is 9.47 Å². The van der Waals surface area contributed by atoms with E-state index in [1.54, 1.807) is 14.0 Å². The molecule has 2 unspecified atom stereocenters. The molecule has 0 aliphatic rings. The SMILES string of the molecule is CCOC(=O)C(CCC(c1ccc(OC)cc1)c1cn(C)c2ccccc12)C(C)=O. The molecule has 0 saturated carbocycles. The van der Waals surface area contributed by atoms with Gasteiger partial charge in [-0.15, -0.1) is 0 Å². The topological polar surface area (TPSA) is 57.5 Å². The number of aromatic nitrogens is 1. The van der Waals surface area contributed by atoms with Crippen LogP contribution in [0.5, 0.6) is 5.75 Å². The summed E-state index contributed by atoms with van der Waals surface area (Å²) in [5.41, 5.74) is 3.46. The van der Waals surface area contributed by atoms with Crippen LogP contribution in [0.25, 0.3) is 10.9 Å². The highest BCUT2D eigenvalue weighted by atomic mass is 16.5. The number of Topliss-reactive ketones (excluding diaryl/α,β-unsaturated/α-hetero) is 1. The first kappa shape index (κ1) is 21.6. The number of rotatable bonds is 9. The molecule has 0 bridgehead atoms. The zero-order valence-corrected chi connectivity index (χ0v) is 18.1. The Bertz CT molecular complexity index is 1020. The van der Waals surface area contributed by atoms with Crippen LogP contribution in [-0.2, 0) is 21.4 Å². The number of ether oxygens (including phenoxy) is 2. The lowest BCUT2D eigenvalue weighted by molar-refractivity contribution is -0.151. The van der Waals surface area contributed by atoms with Crippen LogP contribution in [0, 0.1) is 5.92 Å². The summed E-state index contributed by atoms with van der Waals surface area (Å²) in [6.45, 7) is 3.49. The number of para-hydroxylation sites is 1. The summed E-state index contributed by atoms with van der Waals surface area (Å²) >= 11 is 0. The molecule has 3 aromatic rings. The molecule has 1 aromatic heterocycles. The van der Waals surface area contributed by atoms with Gasteiger partial charge in [0.15, 0.2) is 0 Å². The Morgan fingerprint density at radius 1 is 1.03 bits per heavy atom. The molecule has 2 aromatic carbocycles. The summed E-state index contributed by atoms with van der Waals surface area (Å²) in [4.78, 5) is 24.4. The largest absolute Gasteiger partial charge is 0.497 e. The lowest BCUT2D eigenvalue weighted by atomic mass is 9.84. The van der Waals surface area contributed by atoms with E-state index in [0.717, 1.165) is 16.8 Å². The van der Waals surface area contributed by atoms with Crippen molar-refractivity contribution in [1.82, 2.24) is 4.57 Å². The lowest BCUT2D eigenvalue weighted by Gasteiger charge is -2.20. The van der Waals surface area contributed by atoms with Gasteiger partial charge in [-0.1, -0.05) is 30.3 Å². The van der Waals surface area contributed by atoms with Crippen molar-refractivity contribution in [3.05, 3.63) is 65.9 Å². The van der Waals surface area contributed by atoms with Gasteiger partial charge in [-0.3, -0.25) is 9.59 Å². The lowest BCUT2D eigenvalue weighted by Crippen LogP contribution is -2.25. The van der Waals surface area contributed by atoms with Gasteiger partial charge in [0.25, 0.3) is 0 Å². The summed E-state index contributed by atoms with van der Waals surface area (Å²) in [6.07, 6.45) is 3.24. The van der Waals surface area contributed by atoms with E-state index in [1.165, 1.54) is 17.9 Å². The average Bonchev–Trinajstić information content (AvgIpc) is 3.08. The van der Waals surface area contributed by atoms with Crippen LogP contribution in [0.3, 0.4) is 0 Å². The molecule has 2 atom stereocenters. The van der Waals surface area contributed by atoms with Crippen molar-refractivity contribution in [1.29, 1.82) is 0 Å². The number of carbonyl (C=O) groups excluding carboxylic acids is 2. The molecule has 30 heavy (non-hydrogen) atoms. The number of ketones is 1. The second-order valence-electron chi connectivity index (χ2n) is 7.53. The van der Waals surface area contributed by atoms with Crippen molar-refractivity contribution in [3.63, 3.8) is 0 Å². The summed E-state index contributed by atoms with van der Waals surface area (Å²) in [5, 5.41) is 1.18. The van der Waals surface area contributed by atoms with Crippen LogP contribution in [-0.4, -0.2) is 30.0 Å². The van der Waals surface area contributed by atoms with Crippen molar-refractivity contribution >= 4 is 22.7 Å². The molecule has 0 radical (unpaired) electrons. The van der Waals surface area contributed by atoms with Gasteiger partial charge in [0.2, 0.25) is 0 Å².